The third-order valence-electron chi connectivity index (χ3n) is 5.29. The van der Waals surface area contributed by atoms with Crippen LogP contribution < -0.4 is 16.0 Å². The first-order valence-corrected chi connectivity index (χ1v) is 10.5. The molecule has 1 heterocycles. The van der Waals surface area contributed by atoms with Crippen molar-refractivity contribution >= 4 is 29.0 Å². The molecule has 3 aromatic rings. The van der Waals surface area contributed by atoms with Gasteiger partial charge in [-0.05, 0) is 61.8 Å². The third-order valence-corrected chi connectivity index (χ3v) is 5.29. The van der Waals surface area contributed by atoms with Crippen molar-refractivity contribution < 1.29 is 9.59 Å². The van der Waals surface area contributed by atoms with Crippen molar-refractivity contribution in [1.29, 1.82) is 0 Å². The minimum Gasteiger partial charge on any atom is -0.324 e. The van der Waals surface area contributed by atoms with Gasteiger partial charge < -0.3 is 16.0 Å². The number of benzene rings is 3. The number of carbonyl (C=O) groups is 2. The number of para-hydroxylation sites is 1. The number of amides is 3. The van der Waals surface area contributed by atoms with Gasteiger partial charge in [0.05, 0.1) is 0 Å². The van der Waals surface area contributed by atoms with Crippen LogP contribution in [0, 0.1) is 0 Å². The first-order chi connectivity index (χ1) is 15.2. The molecule has 6 heteroatoms. The van der Waals surface area contributed by atoms with Crippen LogP contribution in [0.15, 0.2) is 84.9 Å². The lowest BCUT2D eigenvalue weighted by Gasteiger charge is -2.27. The van der Waals surface area contributed by atoms with Crippen LogP contribution >= 0.6 is 0 Å². The van der Waals surface area contributed by atoms with Crippen LogP contribution in [0.5, 0.6) is 0 Å². The molecule has 0 radical (unpaired) electrons. The largest absolute Gasteiger partial charge is 0.324 e. The van der Waals surface area contributed by atoms with Gasteiger partial charge >= 0.3 is 6.03 Å². The van der Waals surface area contributed by atoms with Crippen molar-refractivity contribution in [3.63, 3.8) is 0 Å². The molecule has 1 aliphatic rings. The lowest BCUT2D eigenvalue weighted by Crippen LogP contribution is -2.35. The van der Waals surface area contributed by atoms with Crippen LogP contribution in [-0.2, 0) is 4.79 Å². The molecule has 3 N–H and O–H groups in total. The number of anilines is 3. The summed E-state index contributed by atoms with van der Waals surface area (Å²) in [4.78, 5) is 27.7. The van der Waals surface area contributed by atoms with Crippen LogP contribution in [-0.4, -0.2) is 29.9 Å². The van der Waals surface area contributed by atoms with E-state index in [4.69, 9.17) is 0 Å². The third kappa shape index (κ3) is 5.49. The highest BCUT2D eigenvalue weighted by Gasteiger charge is 2.29. The van der Waals surface area contributed by atoms with Crippen molar-refractivity contribution in [1.82, 2.24) is 4.90 Å². The molecule has 0 saturated carbocycles. The van der Waals surface area contributed by atoms with Crippen LogP contribution in [0.2, 0.25) is 0 Å². The van der Waals surface area contributed by atoms with Crippen molar-refractivity contribution in [2.75, 3.05) is 29.0 Å². The second kappa shape index (κ2) is 9.91. The second-order valence-corrected chi connectivity index (χ2v) is 7.57. The molecule has 3 aromatic carbocycles. The summed E-state index contributed by atoms with van der Waals surface area (Å²) in [5, 5.41) is 8.62. The predicted molar refractivity (Wildman–Crippen MR) is 124 cm³/mol. The number of carbonyl (C=O) groups excluding carboxylic acids is 2. The molecule has 0 bridgehead atoms. The highest BCUT2D eigenvalue weighted by atomic mass is 16.2. The molecule has 1 unspecified atom stereocenters. The summed E-state index contributed by atoms with van der Waals surface area (Å²) in [6.07, 6.45) is 2.21. The summed E-state index contributed by atoms with van der Waals surface area (Å²) < 4.78 is 0. The number of urea groups is 1. The van der Waals surface area contributed by atoms with Crippen LogP contribution in [0.3, 0.4) is 0 Å². The minimum absolute atomic E-state index is 0.0704. The van der Waals surface area contributed by atoms with Gasteiger partial charge in [0.25, 0.3) is 0 Å². The molecule has 1 atom stereocenters. The van der Waals surface area contributed by atoms with Gasteiger partial charge in [-0.1, -0.05) is 54.6 Å². The molecule has 1 aliphatic heterocycles. The van der Waals surface area contributed by atoms with E-state index in [1.807, 2.05) is 66.7 Å². The molecule has 4 rings (SSSR count). The van der Waals surface area contributed by atoms with E-state index in [0.29, 0.717) is 17.1 Å². The smallest absolute Gasteiger partial charge is 0.323 e. The van der Waals surface area contributed by atoms with Gasteiger partial charge in [-0.2, -0.15) is 0 Å². The lowest BCUT2D eigenvalue weighted by molar-refractivity contribution is -0.121. The first kappa shape index (κ1) is 20.6. The van der Waals surface area contributed by atoms with Gasteiger partial charge in [-0.3, -0.25) is 9.69 Å². The van der Waals surface area contributed by atoms with E-state index in [0.717, 1.165) is 31.5 Å². The Kier molecular flexibility index (Phi) is 6.59. The van der Waals surface area contributed by atoms with Crippen LogP contribution in [0.4, 0.5) is 21.9 Å². The summed E-state index contributed by atoms with van der Waals surface area (Å²) in [6.45, 7) is 1.82. The number of hydrogen-bond donors (Lipinski definition) is 3. The zero-order valence-corrected chi connectivity index (χ0v) is 17.3. The maximum atomic E-state index is 13.2. The molecule has 3 amide bonds. The Morgan fingerprint density at radius 2 is 1.23 bits per heavy atom. The lowest BCUT2D eigenvalue weighted by atomic mass is 10.0. The Balaban J connectivity index is 1.44. The average molecular weight is 415 g/mol. The molecule has 1 saturated heterocycles. The molecule has 0 aromatic heterocycles. The van der Waals surface area contributed by atoms with Crippen molar-refractivity contribution in [3.8, 4) is 0 Å². The van der Waals surface area contributed by atoms with Gasteiger partial charge in [0.2, 0.25) is 5.91 Å². The van der Waals surface area contributed by atoms with E-state index in [1.54, 1.807) is 18.2 Å². The number of rotatable bonds is 6. The zero-order chi connectivity index (χ0) is 21.5. The highest BCUT2D eigenvalue weighted by Crippen LogP contribution is 2.27. The van der Waals surface area contributed by atoms with Gasteiger partial charge in [0.1, 0.15) is 6.04 Å². The molecule has 0 spiro atoms. The quantitative estimate of drug-likeness (QED) is 0.525. The topological polar surface area (TPSA) is 73.5 Å². The summed E-state index contributed by atoms with van der Waals surface area (Å²) in [7, 11) is 0. The standard InChI is InChI=1S/C25H26N4O2/c30-24(23(29-16-7-8-17-29)19-10-3-1-4-11-19)26-21-14-9-15-22(18-21)28-25(31)27-20-12-5-2-6-13-20/h1-6,9-15,18,23H,7-8,16-17H2,(H,26,30)(H2,27,28,31). The monoisotopic (exact) mass is 414 g/mol. The fourth-order valence-corrected chi connectivity index (χ4v) is 3.86. The second-order valence-electron chi connectivity index (χ2n) is 7.57. The fraction of sp³-hybridized carbons (Fsp3) is 0.200. The van der Waals surface area contributed by atoms with Crippen molar-refractivity contribution in [2.24, 2.45) is 0 Å². The molecule has 158 valence electrons. The van der Waals surface area contributed by atoms with E-state index in [-0.39, 0.29) is 18.0 Å². The van der Waals surface area contributed by atoms with Gasteiger partial charge in [-0.15, -0.1) is 0 Å². The van der Waals surface area contributed by atoms with Crippen molar-refractivity contribution in [2.45, 2.75) is 18.9 Å². The van der Waals surface area contributed by atoms with Crippen molar-refractivity contribution in [3.05, 3.63) is 90.5 Å². The molecule has 6 nitrogen and oxygen atoms in total. The molecular formula is C25H26N4O2. The Morgan fingerprint density at radius 3 is 1.90 bits per heavy atom. The summed E-state index contributed by atoms with van der Waals surface area (Å²) >= 11 is 0. The molecule has 0 aliphatic carbocycles. The fourth-order valence-electron chi connectivity index (χ4n) is 3.86. The van der Waals surface area contributed by atoms with E-state index in [9.17, 15) is 9.59 Å². The minimum atomic E-state index is -0.339. The Labute approximate surface area is 182 Å². The van der Waals surface area contributed by atoms with Gasteiger partial charge in [0.15, 0.2) is 0 Å². The van der Waals surface area contributed by atoms with E-state index < -0.39 is 0 Å². The number of nitrogens with one attached hydrogen (secondary N) is 3. The Bertz CT molecular complexity index is 1020. The normalized spacial score (nSPS) is 14.6. The Morgan fingerprint density at radius 1 is 0.677 bits per heavy atom. The van der Waals surface area contributed by atoms with Crippen LogP contribution in [0.25, 0.3) is 0 Å². The number of hydrogen-bond acceptors (Lipinski definition) is 3. The van der Waals surface area contributed by atoms with Crippen LogP contribution in [0.1, 0.15) is 24.4 Å². The maximum absolute atomic E-state index is 13.2. The highest BCUT2D eigenvalue weighted by molar-refractivity contribution is 6.01. The molecule has 1 fully saturated rings. The molecule has 31 heavy (non-hydrogen) atoms. The summed E-state index contributed by atoms with van der Waals surface area (Å²) in [5.41, 5.74) is 2.94. The van der Waals surface area contributed by atoms with Gasteiger partial charge in [-0.25, -0.2) is 4.79 Å². The first-order valence-electron chi connectivity index (χ1n) is 10.5. The van der Waals surface area contributed by atoms with E-state index in [2.05, 4.69) is 20.9 Å². The predicted octanol–water partition coefficient (Wildman–Crippen LogP) is 5.11. The van der Waals surface area contributed by atoms with E-state index in [1.165, 1.54) is 0 Å². The summed E-state index contributed by atoms with van der Waals surface area (Å²) in [5.74, 6) is -0.0704. The summed E-state index contributed by atoms with van der Waals surface area (Å²) in [6, 6.07) is 25.6. The SMILES string of the molecule is O=C(Nc1ccccc1)Nc1cccc(NC(=O)C(c2ccccc2)N2CCCC2)c1. The zero-order valence-electron chi connectivity index (χ0n) is 17.3. The number of likely N-dealkylation sites (tertiary alicyclic amines) is 1. The average Bonchev–Trinajstić information content (AvgIpc) is 3.30. The number of nitrogens with zero attached hydrogens (tertiary/aromatic N) is 1. The Hall–Kier alpha value is -3.64. The van der Waals surface area contributed by atoms with Gasteiger partial charge in [0, 0.05) is 17.1 Å². The maximum Gasteiger partial charge on any atom is 0.323 e. The molecular weight excluding hydrogens is 388 g/mol. The van der Waals surface area contributed by atoms with E-state index >= 15 is 0 Å².